The summed E-state index contributed by atoms with van der Waals surface area (Å²) in [4.78, 5) is 0. The van der Waals surface area contributed by atoms with E-state index in [0.717, 1.165) is 12.8 Å². The maximum absolute atomic E-state index is 13.7. The van der Waals surface area contributed by atoms with Gasteiger partial charge in [-0.3, -0.25) is 0 Å². The molecular formula is C14H21FN2O. The Bertz CT molecular complexity index is 401. The second kappa shape index (κ2) is 5.24. The summed E-state index contributed by atoms with van der Waals surface area (Å²) in [5.74, 6) is -0.239. The number of nitrogens with one attached hydrogen (secondary N) is 1. The molecule has 3 nitrogen and oxygen atoms in total. The summed E-state index contributed by atoms with van der Waals surface area (Å²) in [6.07, 6.45) is 1.86. The lowest BCUT2D eigenvalue weighted by Crippen LogP contribution is -2.53. The SMILES string of the molecule is CC1CC(CN)(Nc2ccccc2F)CC(C)O1. The maximum Gasteiger partial charge on any atom is 0.146 e. The van der Waals surface area contributed by atoms with Crippen molar-refractivity contribution in [2.24, 2.45) is 5.73 Å². The zero-order chi connectivity index (χ0) is 13.2. The number of hydrogen-bond acceptors (Lipinski definition) is 3. The first-order chi connectivity index (χ1) is 8.54. The zero-order valence-corrected chi connectivity index (χ0v) is 10.9. The number of rotatable bonds is 3. The Labute approximate surface area is 108 Å². The van der Waals surface area contributed by atoms with Crippen LogP contribution in [-0.4, -0.2) is 24.3 Å². The Hall–Kier alpha value is -1.13. The fourth-order valence-electron chi connectivity index (χ4n) is 2.84. The lowest BCUT2D eigenvalue weighted by molar-refractivity contribution is -0.0537. The van der Waals surface area contributed by atoms with E-state index < -0.39 is 0 Å². The topological polar surface area (TPSA) is 47.3 Å². The second-order valence-electron chi connectivity index (χ2n) is 5.25. The van der Waals surface area contributed by atoms with Gasteiger partial charge in [-0.05, 0) is 38.8 Å². The van der Waals surface area contributed by atoms with E-state index >= 15 is 0 Å². The minimum Gasteiger partial charge on any atom is -0.376 e. The molecule has 3 N–H and O–H groups in total. The molecule has 0 amide bonds. The van der Waals surface area contributed by atoms with Gasteiger partial charge in [-0.2, -0.15) is 0 Å². The van der Waals surface area contributed by atoms with Crippen molar-refractivity contribution >= 4 is 5.69 Å². The zero-order valence-electron chi connectivity index (χ0n) is 10.9. The Morgan fingerprint density at radius 3 is 2.50 bits per heavy atom. The highest BCUT2D eigenvalue weighted by molar-refractivity contribution is 5.47. The van der Waals surface area contributed by atoms with Crippen LogP contribution in [0.1, 0.15) is 26.7 Å². The van der Waals surface area contributed by atoms with Crippen molar-refractivity contribution in [2.75, 3.05) is 11.9 Å². The van der Waals surface area contributed by atoms with E-state index in [9.17, 15) is 4.39 Å². The smallest absolute Gasteiger partial charge is 0.146 e. The van der Waals surface area contributed by atoms with Gasteiger partial charge < -0.3 is 15.8 Å². The fraction of sp³-hybridized carbons (Fsp3) is 0.571. The molecule has 2 unspecified atom stereocenters. The predicted octanol–water partition coefficient (Wildman–Crippen LogP) is 2.52. The number of ether oxygens (including phenoxy) is 1. The van der Waals surface area contributed by atoms with Crippen LogP contribution in [0.5, 0.6) is 0 Å². The van der Waals surface area contributed by atoms with Gasteiger partial charge in [0.2, 0.25) is 0 Å². The van der Waals surface area contributed by atoms with Crippen LogP contribution in [0, 0.1) is 5.82 Å². The maximum atomic E-state index is 13.7. The van der Waals surface area contributed by atoms with Crippen LogP contribution in [-0.2, 0) is 4.74 Å². The van der Waals surface area contributed by atoms with Crippen LogP contribution < -0.4 is 11.1 Å². The molecule has 2 rings (SSSR count). The highest BCUT2D eigenvalue weighted by Crippen LogP contribution is 2.32. The average Bonchev–Trinajstić information content (AvgIpc) is 2.31. The van der Waals surface area contributed by atoms with Crippen LogP contribution in [0.4, 0.5) is 10.1 Å². The first-order valence-corrected chi connectivity index (χ1v) is 6.43. The molecule has 1 aliphatic heterocycles. The summed E-state index contributed by atoms with van der Waals surface area (Å²) >= 11 is 0. The number of anilines is 1. The van der Waals surface area contributed by atoms with E-state index in [2.05, 4.69) is 5.32 Å². The summed E-state index contributed by atoms with van der Waals surface area (Å²) in [6.45, 7) is 4.53. The summed E-state index contributed by atoms with van der Waals surface area (Å²) < 4.78 is 19.4. The van der Waals surface area contributed by atoms with Crippen molar-refractivity contribution in [2.45, 2.75) is 44.4 Å². The second-order valence-corrected chi connectivity index (χ2v) is 5.25. The number of benzene rings is 1. The third-order valence-electron chi connectivity index (χ3n) is 3.49. The highest BCUT2D eigenvalue weighted by atomic mass is 19.1. The average molecular weight is 252 g/mol. The molecule has 1 fully saturated rings. The van der Waals surface area contributed by atoms with E-state index in [1.807, 2.05) is 19.9 Å². The molecule has 0 bridgehead atoms. The number of nitrogens with two attached hydrogens (primary N) is 1. The molecule has 1 aliphatic rings. The predicted molar refractivity (Wildman–Crippen MR) is 71.1 cm³/mol. The molecule has 4 heteroatoms. The molecule has 1 aromatic carbocycles. The Morgan fingerprint density at radius 1 is 1.33 bits per heavy atom. The van der Waals surface area contributed by atoms with E-state index in [-0.39, 0.29) is 23.6 Å². The van der Waals surface area contributed by atoms with Crippen LogP contribution in [0.3, 0.4) is 0 Å². The van der Waals surface area contributed by atoms with Crippen molar-refractivity contribution in [3.8, 4) is 0 Å². The highest BCUT2D eigenvalue weighted by Gasteiger charge is 2.37. The Morgan fingerprint density at radius 2 is 1.94 bits per heavy atom. The monoisotopic (exact) mass is 252 g/mol. The van der Waals surface area contributed by atoms with Crippen molar-refractivity contribution in [1.29, 1.82) is 0 Å². The first-order valence-electron chi connectivity index (χ1n) is 6.43. The molecule has 0 spiro atoms. The van der Waals surface area contributed by atoms with Crippen molar-refractivity contribution in [1.82, 2.24) is 0 Å². The summed E-state index contributed by atoms with van der Waals surface area (Å²) in [7, 11) is 0. The molecule has 100 valence electrons. The summed E-state index contributed by atoms with van der Waals surface area (Å²) in [5.41, 5.74) is 6.16. The minimum atomic E-state index is -0.278. The molecule has 0 radical (unpaired) electrons. The van der Waals surface area contributed by atoms with Gasteiger partial charge in [0.15, 0.2) is 0 Å². The Kier molecular flexibility index (Phi) is 3.88. The summed E-state index contributed by atoms with van der Waals surface area (Å²) in [5, 5.41) is 3.29. The molecule has 0 aliphatic carbocycles. The lowest BCUT2D eigenvalue weighted by Gasteiger charge is -2.43. The normalized spacial score (nSPS) is 32.2. The summed E-state index contributed by atoms with van der Waals surface area (Å²) in [6, 6.07) is 6.71. The standard InChI is InChI=1S/C14H21FN2O/c1-10-7-14(9-16,8-11(2)18-10)17-13-6-4-3-5-12(13)15/h3-6,10-11,17H,7-9,16H2,1-2H3. The Balaban J connectivity index is 2.20. The molecule has 0 aromatic heterocycles. The van der Waals surface area contributed by atoms with Gasteiger partial charge >= 0.3 is 0 Å². The van der Waals surface area contributed by atoms with Gasteiger partial charge in [0.05, 0.1) is 23.4 Å². The van der Waals surface area contributed by atoms with Gasteiger partial charge in [0.25, 0.3) is 0 Å². The van der Waals surface area contributed by atoms with E-state index in [1.165, 1.54) is 6.07 Å². The quantitative estimate of drug-likeness (QED) is 0.869. The third kappa shape index (κ3) is 2.82. The van der Waals surface area contributed by atoms with Crippen molar-refractivity contribution < 1.29 is 9.13 Å². The molecule has 2 atom stereocenters. The fourth-order valence-corrected chi connectivity index (χ4v) is 2.84. The molecule has 18 heavy (non-hydrogen) atoms. The first kappa shape index (κ1) is 13.3. The van der Waals surface area contributed by atoms with Crippen LogP contribution in [0.2, 0.25) is 0 Å². The van der Waals surface area contributed by atoms with E-state index in [0.29, 0.717) is 12.2 Å². The van der Waals surface area contributed by atoms with Gasteiger partial charge in [0.1, 0.15) is 5.82 Å². The molecule has 1 aromatic rings. The molecule has 0 saturated carbocycles. The number of para-hydroxylation sites is 1. The van der Waals surface area contributed by atoms with Gasteiger partial charge in [-0.25, -0.2) is 4.39 Å². The van der Waals surface area contributed by atoms with E-state index in [1.54, 1.807) is 12.1 Å². The molecule has 1 saturated heterocycles. The largest absolute Gasteiger partial charge is 0.376 e. The lowest BCUT2D eigenvalue weighted by atomic mass is 9.84. The van der Waals surface area contributed by atoms with Crippen molar-refractivity contribution in [3.63, 3.8) is 0 Å². The third-order valence-corrected chi connectivity index (χ3v) is 3.49. The van der Waals surface area contributed by atoms with Gasteiger partial charge in [-0.15, -0.1) is 0 Å². The molecule has 1 heterocycles. The number of halogens is 1. The minimum absolute atomic E-state index is 0.136. The van der Waals surface area contributed by atoms with Gasteiger partial charge in [-0.1, -0.05) is 12.1 Å². The van der Waals surface area contributed by atoms with E-state index in [4.69, 9.17) is 10.5 Å². The van der Waals surface area contributed by atoms with Crippen LogP contribution in [0.15, 0.2) is 24.3 Å². The van der Waals surface area contributed by atoms with Crippen molar-refractivity contribution in [3.05, 3.63) is 30.1 Å². The number of hydrogen-bond donors (Lipinski definition) is 2. The molecular weight excluding hydrogens is 231 g/mol. The van der Waals surface area contributed by atoms with Crippen LogP contribution in [0.25, 0.3) is 0 Å². The van der Waals surface area contributed by atoms with Crippen LogP contribution >= 0.6 is 0 Å². The van der Waals surface area contributed by atoms with Gasteiger partial charge in [0, 0.05) is 6.54 Å².